The summed E-state index contributed by atoms with van der Waals surface area (Å²) < 4.78 is 48.6. The Kier molecular flexibility index (Phi) is 7.46. The largest absolute Gasteiger partial charge is 0.492 e. The number of benzene rings is 2. The summed E-state index contributed by atoms with van der Waals surface area (Å²) in [6, 6.07) is 11.5. The molecule has 0 aromatic heterocycles. The van der Waals surface area contributed by atoms with Gasteiger partial charge in [0.2, 0.25) is 5.91 Å². The molecule has 0 aliphatic rings. The fourth-order valence-corrected chi connectivity index (χ4v) is 2.47. The van der Waals surface area contributed by atoms with E-state index in [1.54, 1.807) is 43.4 Å². The molecule has 0 radical (unpaired) electrons. The van der Waals surface area contributed by atoms with Gasteiger partial charge in [0.25, 0.3) is 0 Å². The second kappa shape index (κ2) is 9.81. The van der Waals surface area contributed by atoms with Crippen LogP contribution in [0.4, 0.5) is 24.5 Å². The van der Waals surface area contributed by atoms with E-state index in [2.05, 4.69) is 5.32 Å². The van der Waals surface area contributed by atoms with Gasteiger partial charge in [-0.3, -0.25) is 9.59 Å². The number of carbonyl (C=O) groups excluding carboxylic acids is 2. The van der Waals surface area contributed by atoms with E-state index < -0.39 is 12.1 Å². The predicted molar refractivity (Wildman–Crippen MR) is 102 cm³/mol. The van der Waals surface area contributed by atoms with Crippen LogP contribution < -0.4 is 20.1 Å². The number of ether oxygens (including phenoxy) is 2. The fraction of sp³-hybridized carbons (Fsp3) is 0.300. The molecule has 0 spiro atoms. The number of carbonyl (C=O) groups is 2. The Bertz CT molecular complexity index is 855. The third-order valence-electron chi connectivity index (χ3n) is 3.67. The van der Waals surface area contributed by atoms with Gasteiger partial charge < -0.3 is 20.1 Å². The fourth-order valence-electron chi connectivity index (χ4n) is 2.47. The Balaban J connectivity index is 2.31. The van der Waals surface area contributed by atoms with Crippen molar-refractivity contribution < 1.29 is 32.2 Å². The third-order valence-corrected chi connectivity index (χ3v) is 3.67. The van der Waals surface area contributed by atoms with Gasteiger partial charge in [0.15, 0.2) is 0 Å². The lowest BCUT2D eigenvalue weighted by molar-refractivity contribution is -0.167. The van der Waals surface area contributed by atoms with Gasteiger partial charge in [-0.1, -0.05) is 30.3 Å². The van der Waals surface area contributed by atoms with Crippen molar-refractivity contribution in [3.63, 3.8) is 0 Å². The summed E-state index contributed by atoms with van der Waals surface area (Å²) in [4.78, 5) is 23.7. The van der Waals surface area contributed by atoms with Gasteiger partial charge in [0.1, 0.15) is 11.5 Å². The van der Waals surface area contributed by atoms with Crippen LogP contribution in [-0.4, -0.2) is 31.2 Å². The van der Waals surface area contributed by atoms with Crippen molar-refractivity contribution in [2.45, 2.75) is 26.4 Å². The molecule has 0 saturated heterocycles. The molecule has 2 aromatic rings. The molecule has 2 rings (SSSR count). The van der Waals surface area contributed by atoms with Crippen molar-refractivity contribution in [1.29, 1.82) is 0 Å². The Morgan fingerprint density at radius 2 is 1.41 bits per heavy atom. The summed E-state index contributed by atoms with van der Waals surface area (Å²) in [5.41, 5.74) is 0.807. The molecule has 0 unspecified atom stereocenters. The number of halogens is 3. The van der Waals surface area contributed by atoms with Gasteiger partial charge in [0, 0.05) is 12.1 Å². The smallest absolute Gasteiger partial charge is 0.471 e. The first-order valence-electron chi connectivity index (χ1n) is 8.90. The van der Waals surface area contributed by atoms with Gasteiger partial charge in [0.05, 0.1) is 31.0 Å². The van der Waals surface area contributed by atoms with Crippen molar-refractivity contribution in [2.24, 2.45) is 0 Å². The molecule has 2 N–H and O–H groups in total. The number of alkyl halides is 3. The lowest BCUT2D eigenvalue weighted by Gasteiger charge is -2.18. The van der Waals surface area contributed by atoms with E-state index in [0.29, 0.717) is 0 Å². The first-order chi connectivity index (χ1) is 13.7. The zero-order valence-corrected chi connectivity index (χ0v) is 15.9. The van der Waals surface area contributed by atoms with Gasteiger partial charge in [-0.05, 0) is 19.4 Å². The Hall–Kier alpha value is -3.23. The molecule has 6 nitrogen and oxygen atoms in total. The van der Waals surface area contributed by atoms with E-state index in [4.69, 9.17) is 9.47 Å². The molecule has 29 heavy (non-hydrogen) atoms. The minimum absolute atomic E-state index is 0.0245. The molecule has 0 aliphatic heterocycles. The maximum Gasteiger partial charge on any atom is 0.471 e. The summed E-state index contributed by atoms with van der Waals surface area (Å²) in [5.74, 6) is -2.40. The Morgan fingerprint density at radius 3 is 1.90 bits per heavy atom. The minimum Gasteiger partial charge on any atom is -0.492 e. The van der Waals surface area contributed by atoms with Crippen molar-refractivity contribution in [2.75, 3.05) is 23.8 Å². The van der Waals surface area contributed by atoms with Crippen LogP contribution in [0.2, 0.25) is 0 Å². The van der Waals surface area contributed by atoms with Crippen molar-refractivity contribution in [1.82, 2.24) is 0 Å². The Labute approximate surface area is 166 Å². The SMILES string of the molecule is CCOc1cc(NC(=O)C(F)(F)F)c(OCC)cc1NC(=O)Cc1ccccc1. The predicted octanol–water partition coefficient (Wildman–Crippen LogP) is 4.17. The van der Waals surface area contributed by atoms with E-state index in [0.717, 1.165) is 5.56 Å². The summed E-state index contributed by atoms with van der Waals surface area (Å²) >= 11 is 0. The van der Waals surface area contributed by atoms with E-state index in [1.807, 2.05) is 6.07 Å². The topological polar surface area (TPSA) is 76.7 Å². The summed E-state index contributed by atoms with van der Waals surface area (Å²) in [7, 11) is 0. The molecule has 0 bridgehead atoms. The molecule has 0 fully saturated rings. The summed E-state index contributed by atoms with van der Waals surface area (Å²) in [6.07, 6.45) is -4.96. The molecule has 9 heteroatoms. The monoisotopic (exact) mass is 410 g/mol. The van der Waals surface area contributed by atoms with Crippen LogP contribution in [-0.2, 0) is 16.0 Å². The molecule has 2 aromatic carbocycles. The zero-order chi connectivity index (χ0) is 21.4. The molecule has 2 amide bonds. The van der Waals surface area contributed by atoms with Gasteiger partial charge in [-0.25, -0.2) is 0 Å². The molecule has 0 aliphatic carbocycles. The summed E-state index contributed by atoms with van der Waals surface area (Å²) in [6.45, 7) is 3.65. The van der Waals surface area contributed by atoms with E-state index >= 15 is 0 Å². The lowest BCUT2D eigenvalue weighted by atomic mass is 10.1. The minimum atomic E-state index is -5.06. The second-order valence-corrected chi connectivity index (χ2v) is 5.87. The quantitative estimate of drug-likeness (QED) is 0.685. The normalized spacial score (nSPS) is 10.9. The molecular weight excluding hydrogens is 389 g/mol. The number of hydrogen-bond donors (Lipinski definition) is 2. The molecule has 0 atom stereocenters. The maximum absolute atomic E-state index is 12.6. The van der Waals surface area contributed by atoms with Crippen LogP contribution in [0.3, 0.4) is 0 Å². The zero-order valence-electron chi connectivity index (χ0n) is 15.9. The number of nitrogens with one attached hydrogen (secondary N) is 2. The van der Waals surface area contributed by atoms with Crippen molar-refractivity contribution in [3.05, 3.63) is 48.0 Å². The number of hydrogen-bond acceptors (Lipinski definition) is 4. The average molecular weight is 410 g/mol. The van der Waals surface area contributed by atoms with Crippen molar-refractivity contribution in [3.8, 4) is 11.5 Å². The van der Waals surface area contributed by atoms with Crippen LogP contribution in [0.5, 0.6) is 11.5 Å². The number of anilines is 2. The highest BCUT2D eigenvalue weighted by atomic mass is 19.4. The second-order valence-electron chi connectivity index (χ2n) is 5.87. The van der Waals surface area contributed by atoms with E-state index in [-0.39, 0.29) is 48.4 Å². The van der Waals surface area contributed by atoms with Crippen molar-refractivity contribution >= 4 is 23.2 Å². The first kappa shape index (κ1) is 22.1. The van der Waals surface area contributed by atoms with Crippen LogP contribution >= 0.6 is 0 Å². The van der Waals surface area contributed by atoms with Crippen LogP contribution in [0.1, 0.15) is 19.4 Å². The van der Waals surface area contributed by atoms with E-state index in [1.165, 1.54) is 12.1 Å². The third kappa shape index (κ3) is 6.41. The van der Waals surface area contributed by atoms with E-state index in [9.17, 15) is 22.8 Å². The van der Waals surface area contributed by atoms with Crippen LogP contribution in [0.25, 0.3) is 0 Å². The van der Waals surface area contributed by atoms with Gasteiger partial charge in [-0.2, -0.15) is 13.2 Å². The highest BCUT2D eigenvalue weighted by Crippen LogP contribution is 2.37. The van der Waals surface area contributed by atoms with Gasteiger partial charge >= 0.3 is 12.1 Å². The first-order valence-corrected chi connectivity index (χ1v) is 8.90. The molecule has 156 valence electrons. The van der Waals surface area contributed by atoms with Crippen LogP contribution in [0.15, 0.2) is 42.5 Å². The molecule has 0 saturated carbocycles. The number of rotatable bonds is 8. The number of amides is 2. The highest BCUT2D eigenvalue weighted by Gasteiger charge is 2.39. The summed E-state index contributed by atoms with van der Waals surface area (Å²) in [5, 5.41) is 4.45. The van der Waals surface area contributed by atoms with Gasteiger partial charge in [-0.15, -0.1) is 0 Å². The highest BCUT2D eigenvalue weighted by molar-refractivity contribution is 5.98. The van der Waals surface area contributed by atoms with Crippen LogP contribution in [0, 0.1) is 0 Å². The maximum atomic E-state index is 12.6. The average Bonchev–Trinajstić information content (AvgIpc) is 2.65. The Morgan fingerprint density at radius 1 is 0.897 bits per heavy atom. The lowest BCUT2D eigenvalue weighted by Crippen LogP contribution is -2.30. The molecule has 0 heterocycles. The standard InChI is InChI=1S/C20H21F3N2O4/c1-3-28-16-12-15(25-19(27)20(21,22)23)17(29-4-2)11-14(16)24-18(26)10-13-8-6-5-7-9-13/h5-9,11-12H,3-4,10H2,1-2H3,(H,24,26)(H,25,27). The molecular formula is C20H21F3N2O4.